The lowest BCUT2D eigenvalue weighted by Gasteiger charge is -2.34. The number of carbonyl (C=O) groups excluding carboxylic acids is 2. The first-order valence-corrected chi connectivity index (χ1v) is 10.9. The molecule has 1 saturated heterocycles. The summed E-state index contributed by atoms with van der Waals surface area (Å²) in [7, 11) is 0. The van der Waals surface area contributed by atoms with Crippen LogP contribution in [0.25, 0.3) is 0 Å². The monoisotopic (exact) mass is 403 g/mol. The minimum Gasteiger partial charge on any atom is -0.494 e. The number of hydrogen-bond acceptors (Lipinski definition) is 4. The quantitative estimate of drug-likeness (QED) is 0.665. The van der Waals surface area contributed by atoms with Crippen LogP contribution in [0.3, 0.4) is 0 Å². The van der Waals surface area contributed by atoms with Gasteiger partial charge in [-0.1, -0.05) is 27.7 Å². The number of ether oxygens (including phenoxy) is 1. The summed E-state index contributed by atoms with van der Waals surface area (Å²) in [4.78, 5) is 28.0. The lowest BCUT2D eigenvalue weighted by Crippen LogP contribution is -2.54. The van der Waals surface area contributed by atoms with E-state index >= 15 is 0 Å². The highest BCUT2D eigenvalue weighted by Gasteiger charge is 2.28. The van der Waals surface area contributed by atoms with Crippen molar-refractivity contribution in [1.29, 1.82) is 0 Å². The van der Waals surface area contributed by atoms with Gasteiger partial charge in [0.15, 0.2) is 0 Å². The fourth-order valence-corrected chi connectivity index (χ4v) is 3.70. The van der Waals surface area contributed by atoms with E-state index in [4.69, 9.17) is 4.74 Å². The second-order valence-electron chi connectivity index (χ2n) is 8.63. The van der Waals surface area contributed by atoms with Crippen molar-refractivity contribution in [3.05, 3.63) is 29.8 Å². The molecular formula is C23H37N3O3. The minimum absolute atomic E-state index is 0.00248. The van der Waals surface area contributed by atoms with Gasteiger partial charge in [-0.25, -0.2) is 0 Å². The largest absolute Gasteiger partial charge is 0.494 e. The number of piperidine rings is 1. The van der Waals surface area contributed by atoms with Crippen LogP contribution in [0.2, 0.25) is 0 Å². The van der Waals surface area contributed by atoms with E-state index in [1.807, 2.05) is 20.8 Å². The zero-order chi connectivity index (χ0) is 21.4. The molecule has 0 saturated carbocycles. The van der Waals surface area contributed by atoms with Crippen LogP contribution in [0.5, 0.6) is 5.75 Å². The molecule has 1 fully saturated rings. The topological polar surface area (TPSA) is 70.7 Å². The van der Waals surface area contributed by atoms with Crippen molar-refractivity contribution in [1.82, 2.24) is 15.5 Å². The summed E-state index contributed by atoms with van der Waals surface area (Å²) in [6.07, 6.45) is 1.91. The molecule has 2 amide bonds. The number of nitrogens with zero attached hydrogens (tertiary/aromatic N) is 1. The van der Waals surface area contributed by atoms with Gasteiger partial charge in [0.1, 0.15) is 11.8 Å². The van der Waals surface area contributed by atoms with Gasteiger partial charge < -0.3 is 20.3 Å². The van der Waals surface area contributed by atoms with Gasteiger partial charge in [-0.15, -0.1) is 0 Å². The molecule has 2 N–H and O–H groups in total. The van der Waals surface area contributed by atoms with E-state index in [9.17, 15) is 9.59 Å². The Bertz CT molecular complexity index is 650. The first-order chi connectivity index (χ1) is 13.8. The van der Waals surface area contributed by atoms with Crippen molar-refractivity contribution in [3.63, 3.8) is 0 Å². The first kappa shape index (κ1) is 23.2. The molecule has 1 heterocycles. The van der Waals surface area contributed by atoms with Crippen molar-refractivity contribution in [2.45, 2.75) is 59.5 Å². The van der Waals surface area contributed by atoms with E-state index in [0.717, 1.165) is 38.2 Å². The average Bonchev–Trinajstić information content (AvgIpc) is 2.67. The number of carbonyl (C=O) groups is 2. The van der Waals surface area contributed by atoms with Crippen LogP contribution < -0.4 is 15.4 Å². The molecule has 29 heavy (non-hydrogen) atoms. The molecule has 6 nitrogen and oxygen atoms in total. The molecule has 0 bridgehead atoms. The molecule has 1 aliphatic rings. The summed E-state index contributed by atoms with van der Waals surface area (Å²) in [5.74, 6) is 1.05. The van der Waals surface area contributed by atoms with Gasteiger partial charge in [-0.2, -0.15) is 0 Å². The third-order valence-electron chi connectivity index (χ3n) is 5.22. The first-order valence-electron chi connectivity index (χ1n) is 10.9. The normalized spacial score (nSPS) is 16.7. The molecule has 1 aliphatic heterocycles. The van der Waals surface area contributed by atoms with Crippen LogP contribution in [0.1, 0.15) is 57.8 Å². The van der Waals surface area contributed by atoms with Gasteiger partial charge in [0.2, 0.25) is 5.91 Å². The minimum atomic E-state index is -0.553. The molecule has 0 radical (unpaired) electrons. The van der Waals surface area contributed by atoms with Crippen molar-refractivity contribution in [2.75, 3.05) is 26.2 Å². The van der Waals surface area contributed by atoms with Gasteiger partial charge in [-0.05, 0) is 55.9 Å². The lowest BCUT2D eigenvalue weighted by atomic mass is 9.99. The fraction of sp³-hybridized carbons (Fsp3) is 0.652. The molecule has 2 rings (SSSR count). The molecule has 0 aromatic heterocycles. The Kier molecular flexibility index (Phi) is 8.96. The number of rotatable bonds is 9. The van der Waals surface area contributed by atoms with E-state index in [2.05, 4.69) is 29.4 Å². The van der Waals surface area contributed by atoms with Gasteiger partial charge in [0, 0.05) is 31.2 Å². The fourth-order valence-electron chi connectivity index (χ4n) is 3.70. The molecule has 1 unspecified atom stereocenters. The second-order valence-corrected chi connectivity index (χ2v) is 8.63. The maximum Gasteiger partial charge on any atom is 0.251 e. The molecular weight excluding hydrogens is 366 g/mol. The summed E-state index contributed by atoms with van der Waals surface area (Å²) in [5, 5.41) is 6.06. The Labute approximate surface area is 175 Å². The number of benzene rings is 1. The Morgan fingerprint density at radius 2 is 1.72 bits per heavy atom. The van der Waals surface area contributed by atoms with Gasteiger partial charge in [-0.3, -0.25) is 9.59 Å². The third-order valence-corrected chi connectivity index (χ3v) is 5.22. The molecule has 0 aliphatic carbocycles. The van der Waals surface area contributed by atoms with Crippen LogP contribution in [-0.4, -0.2) is 55.0 Å². The van der Waals surface area contributed by atoms with E-state index in [0.29, 0.717) is 18.1 Å². The molecule has 1 aromatic rings. The molecule has 6 heteroatoms. The summed E-state index contributed by atoms with van der Waals surface area (Å²) in [5.41, 5.74) is 0.522. The summed E-state index contributed by atoms with van der Waals surface area (Å²) in [6, 6.07) is 6.61. The smallest absolute Gasteiger partial charge is 0.251 e. The third kappa shape index (κ3) is 7.35. The number of nitrogens with one attached hydrogen (secondary N) is 2. The Morgan fingerprint density at radius 3 is 2.24 bits per heavy atom. The molecule has 1 atom stereocenters. The van der Waals surface area contributed by atoms with E-state index in [1.54, 1.807) is 24.3 Å². The van der Waals surface area contributed by atoms with Crippen LogP contribution in [-0.2, 0) is 4.79 Å². The Balaban J connectivity index is 1.90. The second kappa shape index (κ2) is 11.2. The molecule has 0 spiro atoms. The van der Waals surface area contributed by atoms with Crippen LogP contribution in [0.15, 0.2) is 24.3 Å². The maximum absolute atomic E-state index is 12.9. The Hall–Kier alpha value is -2.08. The van der Waals surface area contributed by atoms with Gasteiger partial charge in [0.25, 0.3) is 5.91 Å². The highest BCUT2D eigenvalue weighted by atomic mass is 16.5. The van der Waals surface area contributed by atoms with Crippen molar-refractivity contribution in [2.24, 2.45) is 11.8 Å². The van der Waals surface area contributed by atoms with E-state index < -0.39 is 6.04 Å². The Morgan fingerprint density at radius 1 is 1.10 bits per heavy atom. The number of likely N-dealkylation sites (tertiary alicyclic amines) is 1. The summed E-state index contributed by atoms with van der Waals surface area (Å²) >= 11 is 0. The van der Waals surface area contributed by atoms with Crippen molar-refractivity contribution < 1.29 is 14.3 Å². The summed E-state index contributed by atoms with van der Waals surface area (Å²) in [6.45, 7) is 14.0. The highest BCUT2D eigenvalue weighted by molar-refractivity contribution is 5.97. The van der Waals surface area contributed by atoms with Crippen LogP contribution in [0.4, 0.5) is 0 Å². The highest BCUT2D eigenvalue weighted by Crippen LogP contribution is 2.15. The van der Waals surface area contributed by atoms with Gasteiger partial charge >= 0.3 is 0 Å². The van der Waals surface area contributed by atoms with Crippen LogP contribution in [0, 0.1) is 11.8 Å². The molecule has 1 aromatic carbocycles. The summed E-state index contributed by atoms with van der Waals surface area (Å²) < 4.78 is 5.41. The predicted molar refractivity (Wildman–Crippen MR) is 116 cm³/mol. The maximum atomic E-state index is 12.9. The van der Waals surface area contributed by atoms with E-state index in [-0.39, 0.29) is 23.8 Å². The standard InChI is InChI=1S/C23H37N3O3/c1-6-29-20-9-7-18(8-10-20)22(27)25-21(17(4)5)23(28)24-19-11-13-26(14-12-19)15-16(2)3/h7-10,16-17,19,21H,6,11-15H2,1-5H3,(H,24,28)(H,25,27). The molecule has 162 valence electrons. The SMILES string of the molecule is CCOc1ccc(C(=O)NC(C(=O)NC2CCN(CC(C)C)CC2)C(C)C)cc1. The number of amides is 2. The zero-order valence-electron chi connectivity index (χ0n) is 18.5. The van der Waals surface area contributed by atoms with Crippen molar-refractivity contribution in [3.8, 4) is 5.75 Å². The average molecular weight is 404 g/mol. The van der Waals surface area contributed by atoms with Gasteiger partial charge in [0.05, 0.1) is 6.61 Å². The van der Waals surface area contributed by atoms with Crippen LogP contribution >= 0.6 is 0 Å². The van der Waals surface area contributed by atoms with Crippen molar-refractivity contribution >= 4 is 11.8 Å². The lowest BCUT2D eigenvalue weighted by molar-refractivity contribution is -0.125. The zero-order valence-corrected chi connectivity index (χ0v) is 18.5. The predicted octanol–water partition coefficient (Wildman–Crippen LogP) is 3.08. The van der Waals surface area contributed by atoms with E-state index in [1.165, 1.54) is 0 Å². The number of hydrogen-bond donors (Lipinski definition) is 2.